The zero-order valence-electron chi connectivity index (χ0n) is 15.4. The van der Waals surface area contributed by atoms with E-state index in [0.29, 0.717) is 12.5 Å². The van der Waals surface area contributed by atoms with Gasteiger partial charge >= 0.3 is 0 Å². The second-order valence-corrected chi connectivity index (χ2v) is 6.91. The summed E-state index contributed by atoms with van der Waals surface area (Å²) in [7, 11) is 0. The van der Waals surface area contributed by atoms with Crippen LogP contribution in [-0.2, 0) is 6.42 Å². The maximum atomic E-state index is 6.09. The Morgan fingerprint density at radius 2 is 1.83 bits per heavy atom. The van der Waals surface area contributed by atoms with Crippen molar-refractivity contribution in [3.63, 3.8) is 0 Å². The minimum atomic E-state index is 0.501. The van der Waals surface area contributed by atoms with E-state index in [-0.39, 0.29) is 0 Å². The molecule has 2 aromatic carbocycles. The number of benzene rings is 2. The van der Waals surface area contributed by atoms with Crippen molar-refractivity contribution in [1.82, 2.24) is 0 Å². The van der Waals surface area contributed by atoms with Crippen LogP contribution in [0.25, 0.3) is 0 Å². The molecule has 0 aliphatic heterocycles. The first kappa shape index (κ1) is 18.2. The van der Waals surface area contributed by atoms with Crippen LogP contribution in [0.4, 0.5) is 11.4 Å². The van der Waals surface area contributed by atoms with Crippen molar-refractivity contribution < 1.29 is 4.74 Å². The van der Waals surface area contributed by atoms with Gasteiger partial charge in [-0.05, 0) is 73.6 Å². The number of anilines is 2. The minimum absolute atomic E-state index is 0.501. The largest absolute Gasteiger partial charge is 0.491 e. The molecule has 0 amide bonds. The first-order valence-corrected chi connectivity index (χ1v) is 8.78. The van der Waals surface area contributed by atoms with Crippen molar-refractivity contribution >= 4 is 11.4 Å². The molecule has 0 radical (unpaired) electrons. The van der Waals surface area contributed by atoms with Crippen molar-refractivity contribution in [3.8, 4) is 5.75 Å². The fourth-order valence-electron chi connectivity index (χ4n) is 2.52. The molecule has 0 unspecified atom stereocenters. The van der Waals surface area contributed by atoms with Crippen molar-refractivity contribution in [2.24, 2.45) is 5.92 Å². The highest BCUT2D eigenvalue weighted by Gasteiger charge is 2.04. The molecule has 3 heteroatoms. The molecule has 0 atom stereocenters. The average Bonchev–Trinajstić information content (AvgIpc) is 2.54. The summed E-state index contributed by atoms with van der Waals surface area (Å²) in [5, 5.41) is 3.49. The van der Waals surface area contributed by atoms with Crippen molar-refractivity contribution in [2.75, 3.05) is 24.2 Å². The molecule has 130 valence electrons. The van der Waals surface area contributed by atoms with Crippen LogP contribution in [0, 0.1) is 19.8 Å². The lowest BCUT2D eigenvalue weighted by Gasteiger charge is -2.12. The molecule has 0 saturated carbocycles. The monoisotopic (exact) mass is 326 g/mol. The molecule has 0 aliphatic rings. The first-order chi connectivity index (χ1) is 11.5. The molecule has 2 aromatic rings. The van der Waals surface area contributed by atoms with Gasteiger partial charge in [-0.25, -0.2) is 0 Å². The van der Waals surface area contributed by atoms with E-state index in [0.717, 1.165) is 30.8 Å². The summed E-state index contributed by atoms with van der Waals surface area (Å²) in [6, 6.07) is 12.6. The van der Waals surface area contributed by atoms with Crippen molar-refractivity contribution in [3.05, 3.63) is 53.1 Å². The molecule has 3 nitrogen and oxygen atoms in total. The van der Waals surface area contributed by atoms with Gasteiger partial charge in [0.1, 0.15) is 5.75 Å². The predicted molar refractivity (Wildman–Crippen MR) is 104 cm³/mol. The maximum Gasteiger partial charge on any atom is 0.142 e. The third-order valence-corrected chi connectivity index (χ3v) is 4.12. The molecule has 0 spiro atoms. The summed E-state index contributed by atoms with van der Waals surface area (Å²) < 4.78 is 5.72. The van der Waals surface area contributed by atoms with Crippen LogP contribution in [0.1, 0.15) is 37.0 Å². The van der Waals surface area contributed by atoms with Gasteiger partial charge in [-0.2, -0.15) is 0 Å². The van der Waals surface area contributed by atoms with E-state index in [1.54, 1.807) is 0 Å². The quantitative estimate of drug-likeness (QED) is 0.532. The number of nitrogens with one attached hydrogen (secondary N) is 1. The highest BCUT2D eigenvalue weighted by Crippen LogP contribution is 2.24. The van der Waals surface area contributed by atoms with Crippen LogP contribution in [-0.4, -0.2) is 13.2 Å². The van der Waals surface area contributed by atoms with E-state index in [4.69, 9.17) is 10.5 Å². The lowest BCUT2D eigenvalue weighted by molar-refractivity contribution is 0.272. The van der Waals surface area contributed by atoms with Gasteiger partial charge in [-0.15, -0.1) is 0 Å². The van der Waals surface area contributed by atoms with Crippen LogP contribution in [0.15, 0.2) is 36.4 Å². The normalized spacial score (nSPS) is 10.9. The molecule has 24 heavy (non-hydrogen) atoms. The topological polar surface area (TPSA) is 47.3 Å². The summed E-state index contributed by atoms with van der Waals surface area (Å²) in [5.41, 5.74) is 11.9. The lowest BCUT2D eigenvalue weighted by Crippen LogP contribution is -2.07. The zero-order valence-corrected chi connectivity index (χ0v) is 15.4. The average molecular weight is 326 g/mol. The smallest absolute Gasteiger partial charge is 0.142 e. The Bertz CT molecular complexity index is 665. The van der Waals surface area contributed by atoms with Crippen LogP contribution in [0.2, 0.25) is 0 Å². The van der Waals surface area contributed by atoms with Gasteiger partial charge in [0.05, 0.1) is 12.3 Å². The summed E-state index contributed by atoms with van der Waals surface area (Å²) in [4.78, 5) is 0. The Labute approximate surface area is 146 Å². The fourth-order valence-corrected chi connectivity index (χ4v) is 2.52. The molecule has 0 heterocycles. The SMILES string of the molecule is Cc1ccc(NCCCc2ccc(OCC(C)C)c(N)c2)cc1C. The second kappa shape index (κ2) is 8.62. The van der Waals surface area contributed by atoms with Gasteiger partial charge in [-0.3, -0.25) is 0 Å². The van der Waals surface area contributed by atoms with Crippen LogP contribution < -0.4 is 15.8 Å². The van der Waals surface area contributed by atoms with Crippen molar-refractivity contribution in [2.45, 2.75) is 40.5 Å². The third-order valence-electron chi connectivity index (χ3n) is 4.12. The van der Waals surface area contributed by atoms with E-state index in [1.807, 2.05) is 12.1 Å². The van der Waals surface area contributed by atoms with E-state index in [1.165, 1.54) is 22.4 Å². The third kappa shape index (κ3) is 5.48. The fraction of sp³-hybridized carbons (Fsp3) is 0.429. The van der Waals surface area contributed by atoms with Gasteiger partial charge < -0.3 is 15.8 Å². The van der Waals surface area contributed by atoms with Gasteiger partial charge in [0.15, 0.2) is 0 Å². The Morgan fingerprint density at radius 3 is 2.50 bits per heavy atom. The number of hydrogen-bond donors (Lipinski definition) is 2. The lowest BCUT2D eigenvalue weighted by atomic mass is 10.1. The van der Waals surface area contributed by atoms with E-state index in [2.05, 4.69) is 57.3 Å². The molecule has 2 rings (SSSR count). The molecular formula is C21H30N2O. The summed E-state index contributed by atoms with van der Waals surface area (Å²) >= 11 is 0. The summed E-state index contributed by atoms with van der Waals surface area (Å²) in [6.07, 6.45) is 2.07. The van der Waals surface area contributed by atoms with Crippen molar-refractivity contribution in [1.29, 1.82) is 0 Å². The Kier molecular flexibility index (Phi) is 6.53. The number of aryl methyl sites for hydroxylation is 3. The number of ether oxygens (including phenoxy) is 1. The van der Waals surface area contributed by atoms with E-state index < -0.39 is 0 Å². The number of hydrogen-bond acceptors (Lipinski definition) is 3. The van der Waals surface area contributed by atoms with Crippen LogP contribution in [0.3, 0.4) is 0 Å². The number of rotatable bonds is 8. The van der Waals surface area contributed by atoms with Gasteiger partial charge in [0.2, 0.25) is 0 Å². The Hall–Kier alpha value is -2.16. The van der Waals surface area contributed by atoms with Gasteiger partial charge in [-0.1, -0.05) is 26.0 Å². The number of nitrogens with two attached hydrogens (primary N) is 1. The Balaban J connectivity index is 1.79. The standard InChI is InChI=1S/C21H30N2O/c1-15(2)14-24-21-10-8-18(13-20(21)22)6-5-11-23-19-9-7-16(3)17(4)12-19/h7-10,12-13,15,23H,5-6,11,14,22H2,1-4H3. The van der Waals surface area contributed by atoms with Crippen LogP contribution in [0.5, 0.6) is 5.75 Å². The molecule has 0 bridgehead atoms. The second-order valence-electron chi connectivity index (χ2n) is 6.91. The summed E-state index contributed by atoms with van der Waals surface area (Å²) in [6.45, 7) is 10.2. The summed E-state index contributed by atoms with van der Waals surface area (Å²) in [5.74, 6) is 1.29. The molecule has 0 aromatic heterocycles. The molecule has 0 fully saturated rings. The molecule has 3 N–H and O–H groups in total. The van der Waals surface area contributed by atoms with Crippen LogP contribution >= 0.6 is 0 Å². The van der Waals surface area contributed by atoms with Gasteiger partial charge in [0, 0.05) is 12.2 Å². The first-order valence-electron chi connectivity index (χ1n) is 8.78. The zero-order chi connectivity index (χ0) is 17.5. The molecule has 0 aliphatic carbocycles. The van der Waals surface area contributed by atoms with E-state index >= 15 is 0 Å². The molecule has 0 saturated heterocycles. The highest BCUT2D eigenvalue weighted by atomic mass is 16.5. The Morgan fingerprint density at radius 1 is 1.04 bits per heavy atom. The highest BCUT2D eigenvalue weighted by molar-refractivity contribution is 5.54. The number of nitrogen functional groups attached to an aromatic ring is 1. The predicted octanol–water partition coefficient (Wildman–Crippen LogP) is 4.97. The van der Waals surface area contributed by atoms with Gasteiger partial charge in [0.25, 0.3) is 0 Å². The van der Waals surface area contributed by atoms with E-state index in [9.17, 15) is 0 Å². The minimum Gasteiger partial charge on any atom is -0.491 e. The maximum absolute atomic E-state index is 6.09. The molecular weight excluding hydrogens is 296 g/mol.